The molecule has 0 saturated carbocycles. The molecule has 0 unspecified atom stereocenters. The van der Waals surface area contributed by atoms with Gasteiger partial charge in [-0.2, -0.15) is 0 Å². The molecule has 110 valence electrons. The van der Waals surface area contributed by atoms with Gasteiger partial charge in [0.15, 0.2) is 0 Å². The molecule has 2 aromatic rings. The zero-order chi connectivity index (χ0) is 15.6. The Hall–Kier alpha value is -2.41. The van der Waals surface area contributed by atoms with Crippen LogP contribution in [0.15, 0.2) is 24.3 Å². The molecule has 0 spiro atoms. The molecular weight excluding hydrogens is 298 g/mol. The summed E-state index contributed by atoms with van der Waals surface area (Å²) in [4.78, 5) is 26.0. The lowest BCUT2D eigenvalue weighted by atomic mass is 10.2. The molecule has 0 amide bonds. The number of hydrogen-bond acceptors (Lipinski definition) is 5. The second-order valence-electron chi connectivity index (χ2n) is 4.31. The summed E-state index contributed by atoms with van der Waals surface area (Å²) in [5.74, 6) is -0.977. The number of rotatable bonds is 4. The number of aromatic nitrogens is 2. The number of nitrogens with zero attached hydrogens (tertiary/aromatic N) is 3. The number of halogens is 1. The van der Waals surface area contributed by atoms with Crippen molar-refractivity contribution in [3.8, 4) is 0 Å². The van der Waals surface area contributed by atoms with Crippen LogP contribution in [0.25, 0.3) is 0 Å². The van der Waals surface area contributed by atoms with E-state index in [1.807, 2.05) is 0 Å². The largest absolute Gasteiger partial charge is 0.456 e. The zero-order valence-electron chi connectivity index (χ0n) is 11.4. The van der Waals surface area contributed by atoms with Crippen LogP contribution in [-0.2, 0) is 18.4 Å². The predicted molar refractivity (Wildman–Crippen MR) is 75.2 cm³/mol. The van der Waals surface area contributed by atoms with Crippen molar-refractivity contribution in [1.82, 2.24) is 9.55 Å². The highest BCUT2D eigenvalue weighted by atomic mass is 35.5. The Bertz CT molecular complexity index is 711. The van der Waals surface area contributed by atoms with Crippen molar-refractivity contribution in [2.24, 2.45) is 7.05 Å². The molecule has 0 aliphatic heterocycles. The maximum absolute atomic E-state index is 12.1. The van der Waals surface area contributed by atoms with Gasteiger partial charge in [-0.25, -0.2) is 4.79 Å². The standard InChI is InChI=1S/C13H12ClN3O4/c1-8-15-12(17(19)20)11(16(8)2)13(18)21-7-9-5-3-4-6-10(9)14/h3-6H,7H2,1-2H3. The van der Waals surface area contributed by atoms with Crippen LogP contribution in [0.1, 0.15) is 21.9 Å². The first-order chi connectivity index (χ1) is 9.91. The second-order valence-corrected chi connectivity index (χ2v) is 4.72. The van der Waals surface area contributed by atoms with E-state index in [4.69, 9.17) is 16.3 Å². The summed E-state index contributed by atoms with van der Waals surface area (Å²) in [5, 5.41) is 11.4. The normalized spacial score (nSPS) is 10.4. The fourth-order valence-corrected chi connectivity index (χ4v) is 1.97. The molecule has 8 heteroatoms. The summed E-state index contributed by atoms with van der Waals surface area (Å²) in [5.41, 5.74) is 0.429. The molecule has 1 aromatic carbocycles. The number of carbonyl (C=O) groups is 1. The number of benzene rings is 1. The smallest absolute Gasteiger partial charge is 0.397 e. The van der Waals surface area contributed by atoms with Gasteiger partial charge >= 0.3 is 11.8 Å². The predicted octanol–water partition coefficient (Wildman–Crippen LogP) is 2.65. The number of nitro groups is 1. The molecule has 0 aliphatic carbocycles. The maximum Gasteiger partial charge on any atom is 0.397 e. The molecule has 7 nitrogen and oxygen atoms in total. The Morgan fingerprint density at radius 1 is 1.48 bits per heavy atom. The van der Waals surface area contributed by atoms with Crippen LogP contribution in [0.3, 0.4) is 0 Å². The molecule has 0 aliphatic rings. The Balaban J connectivity index is 2.22. The molecular formula is C13H12ClN3O4. The summed E-state index contributed by atoms with van der Waals surface area (Å²) >= 11 is 5.95. The van der Waals surface area contributed by atoms with Gasteiger partial charge in [0.25, 0.3) is 0 Å². The molecule has 0 bridgehead atoms. The van der Waals surface area contributed by atoms with Gasteiger partial charge in [-0.15, -0.1) is 0 Å². The lowest BCUT2D eigenvalue weighted by molar-refractivity contribution is -0.389. The third kappa shape index (κ3) is 3.03. The summed E-state index contributed by atoms with van der Waals surface area (Å²) in [6, 6.07) is 6.88. The van der Waals surface area contributed by atoms with E-state index in [0.717, 1.165) is 0 Å². The highest BCUT2D eigenvalue weighted by molar-refractivity contribution is 6.31. The maximum atomic E-state index is 12.1. The van der Waals surface area contributed by atoms with Gasteiger partial charge in [-0.3, -0.25) is 4.57 Å². The van der Waals surface area contributed by atoms with Gasteiger partial charge < -0.3 is 14.9 Å². The Labute approximate surface area is 125 Å². The van der Waals surface area contributed by atoms with Crippen LogP contribution in [-0.4, -0.2) is 20.4 Å². The van der Waals surface area contributed by atoms with E-state index < -0.39 is 16.7 Å². The van der Waals surface area contributed by atoms with E-state index >= 15 is 0 Å². The molecule has 0 fully saturated rings. The van der Waals surface area contributed by atoms with E-state index in [0.29, 0.717) is 16.4 Å². The molecule has 21 heavy (non-hydrogen) atoms. The number of aryl methyl sites for hydroxylation is 1. The topological polar surface area (TPSA) is 87.3 Å². The van der Waals surface area contributed by atoms with Crippen molar-refractivity contribution in [3.63, 3.8) is 0 Å². The fraction of sp³-hybridized carbons (Fsp3) is 0.231. The molecule has 0 N–H and O–H groups in total. The molecule has 1 aromatic heterocycles. The van der Waals surface area contributed by atoms with Gasteiger partial charge in [-0.1, -0.05) is 29.8 Å². The van der Waals surface area contributed by atoms with Crippen molar-refractivity contribution in [2.75, 3.05) is 0 Å². The van der Waals surface area contributed by atoms with Crippen molar-refractivity contribution in [2.45, 2.75) is 13.5 Å². The average molecular weight is 310 g/mol. The molecule has 1 heterocycles. The highest BCUT2D eigenvalue weighted by Gasteiger charge is 2.30. The number of hydrogen-bond donors (Lipinski definition) is 0. The minimum Gasteiger partial charge on any atom is -0.456 e. The third-order valence-electron chi connectivity index (χ3n) is 2.98. The van der Waals surface area contributed by atoms with Gasteiger partial charge in [0.2, 0.25) is 11.5 Å². The van der Waals surface area contributed by atoms with Crippen LogP contribution in [0.2, 0.25) is 5.02 Å². The first kappa shape index (κ1) is 15.0. The Morgan fingerprint density at radius 3 is 2.76 bits per heavy atom. The zero-order valence-corrected chi connectivity index (χ0v) is 12.1. The Morgan fingerprint density at radius 2 is 2.14 bits per heavy atom. The second kappa shape index (κ2) is 5.92. The van der Waals surface area contributed by atoms with E-state index in [2.05, 4.69) is 4.98 Å². The minimum absolute atomic E-state index is 0.0696. The first-order valence-corrected chi connectivity index (χ1v) is 6.38. The third-order valence-corrected chi connectivity index (χ3v) is 3.35. The summed E-state index contributed by atoms with van der Waals surface area (Å²) in [6.45, 7) is 1.50. The lowest BCUT2D eigenvalue weighted by Gasteiger charge is -2.06. The van der Waals surface area contributed by atoms with Gasteiger partial charge in [-0.05, 0) is 16.0 Å². The van der Waals surface area contributed by atoms with E-state index in [1.165, 1.54) is 11.6 Å². The molecule has 0 radical (unpaired) electrons. The van der Waals surface area contributed by atoms with Crippen LogP contribution in [0, 0.1) is 17.0 Å². The van der Waals surface area contributed by atoms with E-state index in [-0.39, 0.29) is 12.3 Å². The van der Waals surface area contributed by atoms with Crippen LogP contribution in [0.5, 0.6) is 0 Å². The summed E-state index contributed by atoms with van der Waals surface area (Å²) < 4.78 is 6.42. The van der Waals surface area contributed by atoms with Crippen LogP contribution in [0.4, 0.5) is 5.82 Å². The lowest BCUT2D eigenvalue weighted by Crippen LogP contribution is -2.12. The SMILES string of the molecule is Cc1nc([N+](=O)[O-])c(C(=O)OCc2ccccc2Cl)n1C. The molecule has 2 rings (SSSR count). The van der Waals surface area contributed by atoms with E-state index in [9.17, 15) is 14.9 Å². The first-order valence-electron chi connectivity index (χ1n) is 6.00. The van der Waals surface area contributed by atoms with Gasteiger partial charge in [0.05, 0.1) is 0 Å². The van der Waals surface area contributed by atoms with Crippen molar-refractivity contribution >= 4 is 23.4 Å². The molecule has 0 saturated heterocycles. The highest BCUT2D eigenvalue weighted by Crippen LogP contribution is 2.21. The summed E-state index contributed by atoms with van der Waals surface area (Å²) in [6.07, 6.45) is 0. The molecule has 0 atom stereocenters. The summed E-state index contributed by atoms with van der Waals surface area (Å²) in [7, 11) is 1.52. The average Bonchev–Trinajstić information content (AvgIpc) is 2.74. The van der Waals surface area contributed by atoms with Crippen LogP contribution >= 0.6 is 11.6 Å². The Kier molecular flexibility index (Phi) is 4.23. The van der Waals surface area contributed by atoms with Crippen molar-refractivity contribution < 1.29 is 14.5 Å². The number of ether oxygens (including phenoxy) is 1. The van der Waals surface area contributed by atoms with Crippen molar-refractivity contribution in [1.29, 1.82) is 0 Å². The number of esters is 1. The van der Waals surface area contributed by atoms with E-state index in [1.54, 1.807) is 31.2 Å². The number of imidazole rings is 1. The van der Waals surface area contributed by atoms with Crippen LogP contribution < -0.4 is 0 Å². The van der Waals surface area contributed by atoms with Gasteiger partial charge in [0.1, 0.15) is 6.61 Å². The quantitative estimate of drug-likeness (QED) is 0.492. The number of carbonyl (C=O) groups excluding carboxylic acids is 1. The fourth-order valence-electron chi connectivity index (χ4n) is 1.78. The van der Waals surface area contributed by atoms with Crippen molar-refractivity contribution in [3.05, 3.63) is 56.5 Å². The van der Waals surface area contributed by atoms with Gasteiger partial charge in [0, 0.05) is 24.6 Å². The minimum atomic E-state index is -0.815. The monoisotopic (exact) mass is 309 g/mol.